The van der Waals surface area contributed by atoms with Crippen molar-refractivity contribution >= 4 is 35.8 Å². The van der Waals surface area contributed by atoms with Gasteiger partial charge in [-0.3, -0.25) is 4.79 Å². The molecule has 0 saturated carbocycles. The van der Waals surface area contributed by atoms with E-state index in [0.717, 1.165) is 11.8 Å². The van der Waals surface area contributed by atoms with Gasteiger partial charge in [-0.05, 0) is 0 Å². The van der Waals surface area contributed by atoms with Gasteiger partial charge in [0.15, 0.2) is 0 Å². The van der Waals surface area contributed by atoms with Crippen molar-refractivity contribution in [3.63, 3.8) is 0 Å². The number of aldehydes is 1. The molecule has 0 unspecified atom stereocenters. The fourth-order valence-corrected chi connectivity index (χ4v) is 0.532. The van der Waals surface area contributed by atoms with Gasteiger partial charge in [0.25, 0.3) is 0 Å². The third-order valence-electron chi connectivity index (χ3n) is 0.936. The largest absolute Gasteiger partial charge is 0.298 e. The van der Waals surface area contributed by atoms with Crippen molar-refractivity contribution in [2.45, 2.75) is 0 Å². The van der Waals surface area contributed by atoms with Crippen molar-refractivity contribution in [3.8, 4) is 0 Å². The van der Waals surface area contributed by atoms with E-state index in [4.69, 9.17) is 0 Å². The molecular formula is C7H6NaO. The third-order valence-corrected chi connectivity index (χ3v) is 0.936. The van der Waals surface area contributed by atoms with Gasteiger partial charge in [-0.2, -0.15) is 0 Å². The summed E-state index contributed by atoms with van der Waals surface area (Å²) in [7, 11) is 0. The fraction of sp³-hybridized carbons (Fsp3) is 0. The van der Waals surface area contributed by atoms with Crippen molar-refractivity contribution < 1.29 is 4.79 Å². The van der Waals surface area contributed by atoms with E-state index in [2.05, 4.69) is 0 Å². The first-order valence-corrected chi connectivity index (χ1v) is 2.44. The van der Waals surface area contributed by atoms with Gasteiger partial charge in [0.1, 0.15) is 6.29 Å². The smallest absolute Gasteiger partial charge is 0.150 e. The zero-order valence-electron chi connectivity index (χ0n) is 5.37. The van der Waals surface area contributed by atoms with Crippen LogP contribution in [0.5, 0.6) is 0 Å². The second kappa shape index (κ2) is 4.74. The molecule has 41 valence electrons. The minimum Gasteiger partial charge on any atom is -0.298 e. The topological polar surface area (TPSA) is 17.1 Å². The molecule has 0 aliphatic rings. The number of carbonyl (C=O) groups excluding carboxylic acids is 1. The van der Waals surface area contributed by atoms with Crippen molar-refractivity contribution in [2.24, 2.45) is 0 Å². The molecule has 1 aromatic rings. The number of hydrogen-bond donors (Lipinski definition) is 0. The van der Waals surface area contributed by atoms with Gasteiger partial charge in [0.2, 0.25) is 0 Å². The molecule has 0 atom stereocenters. The Hall–Kier alpha value is -0.110. The van der Waals surface area contributed by atoms with Gasteiger partial charge in [0.05, 0.1) is 0 Å². The summed E-state index contributed by atoms with van der Waals surface area (Å²) in [6.45, 7) is 0. The Bertz CT molecular complexity index is 172. The fourth-order valence-electron chi connectivity index (χ4n) is 0.532. The Morgan fingerprint density at radius 2 is 1.67 bits per heavy atom. The van der Waals surface area contributed by atoms with E-state index >= 15 is 0 Å². The standard InChI is InChI=1S/C7H6O.Na/c8-6-7-4-2-1-3-5-7;/h1-6H;. The molecule has 0 N–H and O–H groups in total. The maximum atomic E-state index is 10.0. The van der Waals surface area contributed by atoms with Crippen molar-refractivity contribution in [1.29, 1.82) is 0 Å². The Balaban J connectivity index is 0.000000640. The van der Waals surface area contributed by atoms with E-state index in [1.165, 1.54) is 0 Å². The van der Waals surface area contributed by atoms with E-state index in [1.54, 1.807) is 12.1 Å². The van der Waals surface area contributed by atoms with Crippen LogP contribution < -0.4 is 0 Å². The van der Waals surface area contributed by atoms with Gasteiger partial charge in [-0.1, -0.05) is 30.3 Å². The number of carbonyl (C=O) groups is 1. The molecule has 0 bridgehead atoms. The number of hydrogen-bond acceptors (Lipinski definition) is 1. The monoisotopic (exact) mass is 129 g/mol. The molecule has 1 rings (SSSR count). The van der Waals surface area contributed by atoms with Crippen molar-refractivity contribution in [2.75, 3.05) is 0 Å². The molecule has 1 aromatic carbocycles. The quantitative estimate of drug-likeness (QED) is 0.410. The molecule has 0 aliphatic heterocycles. The minimum atomic E-state index is 0. The van der Waals surface area contributed by atoms with E-state index in [9.17, 15) is 4.79 Å². The van der Waals surface area contributed by atoms with E-state index in [-0.39, 0.29) is 29.6 Å². The predicted molar refractivity (Wildman–Crippen MR) is 37.6 cm³/mol. The first-order valence-electron chi connectivity index (χ1n) is 2.44. The second-order valence-electron chi connectivity index (χ2n) is 1.53. The van der Waals surface area contributed by atoms with Crippen LogP contribution in [0.4, 0.5) is 0 Å². The summed E-state index contributed by atoms with van der Waals surface area (Å²) in [5.41, 5.74) is 0.729. The van der Waals surface area contributed by atoms with Gasteiger partial charge in [0, 0.05) is 35.1 Å². The minimum absolute atomic E-state index is 0. The SMILES string of the molecule is O=Cc1ccccc1.[Na]. The summed E-state index contributed by atoms with van der Waals surface area (Å²) in [4.78, 5) is 10.0. The maximum Gasteiger partial charge on any atom is 0.150 e. The first kappa shape index (κ1) is 8.89. The molecule has 9 heavy (non-hydrogen) atoms. The average Bonchev–Trinajstić information content (AvgIpc) is 1.90. The normalized spacial score (nSPS) is 7.56. The molecule has 0 aliphatic carbocycles. The van der Waals surface area contributed by atoms with Gasteiger partial charge >= 0.3 is 0 Å². The Labute approximate surface area is 76.4 Å². The van der Waals surface area contributed by atoms with Gasteiger partial charge < -0.3 is 0 Å². The summed E-state index contributed by atoms with van der Waals surface area (Å²) in [6.07, 6.45) is 0.833. The third kappa shape index (κ3) is 2.80. The summed E-state index contributed by atoms with van der Waals surface area (Å²) < 4.78 is 0. The van der Waals surface area contributed by atoms with Crippen LogP contribution in [0.3, 0.4) is 0 Å². The molecular weight excluding hydrogens is 123 g/mol. The average molecular weight is 129 g/mol. The second-order valence-corrected chi connectivity index (χ2v) is 1.53. The Morgan fingerprint density at radius 1 is 1.11 bits per heavy atom. The molecule has 0 amide bonds. The molecule has 2 heteroatoms. The van der Waals surface area contributed by atoms with Crippen LogP contribution in [0.1, 0.15) is 10.4 Å². The zero-order chi connectivity index (χ0) is 5.82. The molecule has 1 radical (unpaired) electrons. The van der Waals surface area contributed by atoms with Crippen LogP contribution in [0, 0.1) is 0 Å². The van der Waals surface area contributed by atoms with E-state index in [0.29, 0.717) is 0 Å². The van der Waals surface area contributed by atoms with E-state index in [1.807, 2.05) is 18.2 Å². The van der Waals surface area contributed by atoms with Crippen LogP contribution in [-0.4, -0.2) is 35.8 Å². The molecule has 0 spiro atoms. The van der Waals surface area contributed by atoms with Crippen molar-refractivity contribution in [1.82, 2.24) is 0 Å². The van der Waals surface area contributed by atoms with Crippen LogP contribution in [-0.2, 0) is 0 Å². The maximum absolute atomic E-state index is 10.0. The summed E-state index contributed by atoms with van der Waals surface area (Å²) in [5, 5.41) is 0. The number of rotatable bonds is 1. The summed E-state index contributed by atoms with van der Waals surface area (Å²) >= 11 is 0. The van der Waals surface area contributed by atoms with Crippen LogP contribution in [0.25, 0.3) is 0 Å². The first-order chi connectivity index (χ1) is 3.93. The van der Waals surface area contributed by atoms with E-state index < -0.39 is 0 Å². The molecule has 0 saturated heterocycles. The number of benzene rings is 1. The van der Waals surface area contributed by atoms with Gasteiger partial charge in [-0.15, -0.1) is 0 Å². The molecule has 0 aromatic heterocycles. The predicted octanol–water partition coefficient (Wildman–Crippen LogP) is 1.12. The Kier molecular flexibility index (Phi) is 4.68. The summed E-state index contributed by atoms with van der Waals surface area (Å²) in [5.74, 6) is 0. The van der Waals surface area contributed by atoms with Crippen LogP contribution >= 0.6 is 0 Å². The molecule has 1 nitrogen and oxygen atoms in total. The Morgan fingerprint density at radius 3 is 2.00 bits per heavy atom. The zero-order valence-corrected chi connectivity index (χ0v) is 7.37. The van der Waals surface area contributed by atoms with Crippen LogP contribution in [0.15, 0.2) is 30.3 Å². The van der Waals surface area contributed by atoms with Crippen LogP contribution in [0.2, 0.25) is 0 Å². The van der Waals surface area contributed by atoms with Gasteiger partial charge in [-0.25, -0.2) is 0 Å². The summed E-state index contributed by atoms with van der Waals surface area (Å²) in [6, 6.07) is 9.10. The molecule has 0 fully saturated rings. The van der Waals surface area contributed by atoms with Crippen molar-refractivity contribution in [3.05, 3.63) is 35.9 Å². The molecule has 0 heterocycles.